The van der Waals surface area contributed by atoms with Crippen LogP contribution in [0.15, 0.2) is 15.8 Å². The van der Waals surface area contributed by atoms with Crippen molar-refractivity contribution in [2.45, 2.75) is 12.2 Å². The Bertz CT molecular complexity index is 424. The molecule has 0 bridgehead atoms. The van der Waals surface area contributed by atoms with Crippen molar-refractivity contribution in [3.63, 3.8) is 0 Å². The molecule has 0 saturated heterocycles. The first-order chi connectivity index (χ1) is 7.06. The van der Waals surface area contributed by atoms with Crippen LogP contribution in [0.2, 0.25) is 0 Å². The van der Waals surface area contributed by atoms with Gasteiger partial charge in [-0.1, -0.05) is 0 Å². The number of aromatic amines is 2. The van der Waals surface area contributed by atoms with E-state index in [9.17, 15) is 19.8 Å². The second kappa shape index (κ2) is 4.87. The fraction of sp³-hybridized carbons (Fsp3) is 0.500. The third-order valence-electron chi connectivity index (χ3n) is 1.94. The van der Waals surface area contributed by atoms with Gasteiger partial charge in [-0.2, -0.15) is 0 Å². The Morgan fingerprint density at radius 1 is 1.47 bits per heavy atom. The Balaban J connectivity index is 2.96. The lowest BCUT2D eigenvalue weighted by molar-refractivity contribution is 0.0191. The summed E-state index contributed by atoms with van der Waals surface area (Å²) >= 11 is 0. The molecule has 0 fully saturated rings. The molecule has 0 aliphatic carbocycles. The van der Waals surface area contributed by atoms with Crippen LogP contribution in [0, 0.1) is 0 Å². The van der Waals surface area contributed by atoms with E-state index in [1.165, 1.54) is 0 Å². The van der Waals surface area contributed by atoms with Crippen LogP contribution >= 0.6 is 0 Å². The van der Waals surface area contributed by atoms with Crippen LogP contribution in [0.3, 0.4) is 0 Å². The van der Waals surface area contributed by atoms with E-state index in [-0.39, 0.29) is 12.1 Å². The molecule has 15 heavy (non-hydrogen) atoms. The Hall–Kier alpha value is -1.44. The van der Waals surface area contributed by atoms with Gasteiger partial charge in [0.1, 0.15) is 6.10 Å². The highest BCUT2D eigenvalue weighted by Gasteiger charge is 2.20. The molecule has 0 amide bonds. The topological polar surface area (TPSA) is 118 Å². The normalized spacial score (nSPS) is 14.9. The zero-order chi connectivity index (χ0) is 11.4. The van der Waals surface area contributed by atoms with Gasteiger partial charge in [0.25, 0.3) is 5.56 Å². The van der Waals surface area contributed by atoms with Crippen LogP contribution in [-0.4, -0.2) is 39.9 Å². The van der Waals surface area contributed by atoms with Crippen molar-refractivity contribution < 1.29 is 10.2 Å². The first kappa shape index (κ1) is 11.6. The smallest absolute Gasteiger partial charge is 0.325 e. The Kier molecular flexibility index (Phi) is 3.78. The zero-order valence-corrected chi connectivity index (χ0v) is 8.15. The molecular formula is C8H13N3O4. The maximum absolute atomic E-state index is 11.2. The Morgan fingerprint density at radius 2 is 2.13 bits per heavy atom. The summed E-state index contributed by atoms with van der Waals surface area (Å²) in [6.07, 6.45) is -1.36. The fourth-order valence-corrected chi connectivity index (χ4v) is 1.17. The predicted molar refractivity (Wildman–Crippen MR) is 52.6 cm³/mol. The van der Waals surface area contributed by atoms with Gasteiger partial charge < -0.3 is 20.5 Å². The molecule has 1 aromatic rings. The number of aliphatic hydroxyl groups is 2. The standard InChI is InChI=1S/C8H13N3O4/c1-9-3-5(12)6(13)4-2-10-8(15)11-7(4)14/h2,5-6,9,12-13H,3H2,1H3,(H2,10,11,14,15). The number of H-pyrrole nitrogens is 2. The molecule has 0 spiro atoms. The molecular weight excluding hydrogens is 202 g/mol. The number of likely N-dealkylation sites (N-methyl/N-ethyl adjacent to an activating group) is 1. The van der Waals surface area contributed by atoms with E-state index in [1.807, 2.05) is 4.98 Å². The van der Waals surface area contributed by atoms with E-state index in [0.29, 0.717) is 0 Å². The number of aliphatic hydroxyl groups excluding tert-OH is 2. The van der Waals surface area contributed by atoms with Crippen LogP contribution < -0.4 is 16.6 Å². The summed E-state index contributed by atoms with van der Waals surface area (Å²) in [4.78, 5) is 26.1. The third-order valence-corrected chi connectivity index (χ3v) is 1.94. The molecule has 0 radical (unpaired) electrons. The summed E-state index contributed by atoms with van der Waals surface area (Å²) in [7, 11) is 1.60. The van der Waals surface area contributed by atoms with E-state index in [2.05, 4.69) is 10.3 Å². The van der Waals surface area contributed by atoms with Crippen molar-refractivity contribution >= 4 is 0 Å². The van der Waals surface area contributed by atoms with Crippen molar-refractivity contribution in [3.8, 4) is 0 Å². The molecule has 0 aliphatic rings. The summed E-state index contributed by atoms with van der Waals surface area (Å²) in [5.74, 6) is 0. The molecule has 1 aromatic heterocycles. The second-order valence-corrected chi connectivity index (χ2v) is 3.10. The van der Waals surface area contributed by atoms with E-state index < -0.39 is 23.5 Å². The Morgan fingerprint density at radius 3 is 2.67 bits per heavy atom. The van der Waals surface area contributed by atoms with Gasteiger partial charge in [0.15, 0.2) is 0 Å². The van der Waals surface area contributed by atoms with Crippen LogP contribution in [0.4, 0.5) is 0 Å². The van der Waals surface area contributed by atoms with Crippen LogP contribution in [0.1, 0.15) is 11.7 Å². The fourth-order valence-electron chi connectivity index (χ4n) is 1.17. The molecule has 1 rings (SSSR count). The third kappa shape index (κ3) is 2.75. The number of hydrogen-bond donors (Lipinski definition) is 5. The average molecular weight is 215 g/mol. The molecule has 5 N–H and O–H groups in total. The zero-order valence-electron chi connectivity index (χ0n) is 8.15. The minimum Gasteiger partial charge on any atom is -0.389 e. The largest absolute Gasteiger partial charge is 0.389 e. The van der Waals surface area contributed by atoms with Crippen molar-refractivity contribution in [2.24, 2.45) is 0 Å². The molecule has 0 saturated carbocycles. The summed E-state index contributed by atoms with van der Waals surface area (Å²) in [6, 6.07) is 0. The van der Waals surface area contributed by atoms with Crippen LogP contribution in [-0.2, 0) is 0 Å². The highest BCUT2D eigenvalue weighted by atomic mass is 16.3. The molecule has 7 nitrogen and oxygen atoms in total. The summed E-state index contributed by atoms with van der Waals surface area (Å²) < 4.78 is 0. The number of nitrogens with one attached hydrogen (secondary N) is 3. The van der Waals surface area contributed by atoms with E-state index >= 15 is 0 Å². The van der Waals surface area contributed by atoms with Gasteiger partial charge in [-0.15, -0.1) is 0 Å². The van der Waals surface area contributed by atoms with Crippen LogP contribution in [0.25, 0.3) is 0 Å². The maximum atomic E-state index is 11.2. The van der Waals surface area contributed by atoms with Gasteiger partial charge in [0.2, 0.25) is 0 Å². The summed E-state index contributed by atoms with van der Waals surface area (Å²) in [6.45, 7) is 0.139. The minimum absolute atomic E-state index is 0.0719. The lowest BCUT2D eigenvalue weighted by Gasteiger charge is -2.16. The van der Waals surface area contributed by atoms with Gasteiger partial charge in [-0.25, -0.2) is 4.79 Å². The average Bonchev–Trinajstić information content (AvgIpc) is 2.17. The molecule has 1 heterocycles. The Labute approximate surface area is 84.8 Å². The first-order valence-electron chi connectivity index (χ1n) is 4.39. The van der Waals surface area contributed by atoms with Crippen LogP contribution in [0.5, 0.6) is 0 Å². The summed E-state index contributed by atoms with van der Waals surface area (Å²) in [5, 5.41) is 21.6. The monoisotopic (exact) mass is 215 g/mol. The maximum Gasteiger partial charge on any atom is 0.325 e. The quantitative estimate of drug-likeness (QED) is 0.386. The second-order valence-electron chi connectivity index (χ2n) is 3.10. The lowest BCUT2D eigenvalue weighted by atomic mass is 10.1. The van der Waals surface area contributed by atoms with Gasteiger partial charge >= 0.3 is 5.69 Å². The van der Waals surface area contributed by atoms with Gasteiger partial charge in [-0.05, 0) is 7.05 Å². The molecule has 2 unspecified atom stereocenters. The van der Waals surface area contributed by atoms with Crippen molar-refractivity contribution in [3.05, 3.63) is 32.6 Å². The number of rotatable bonds is 4. The molecule has 0 aromatic carbocycles. The lowest BCUT2D eigenvalue weighted by Crippen LogP contribution is -2.34. The number of hydrogen-bond acceptors (Lipinski definition) is 5. The van der Waals surface area contributed by atoms with Gasteiger partial charge in [0, 0.05) is 12.7 Å². The molecule has 7 heteroatoms. The number of aromatic nitrogens is 2. The van der Waals surface area contributed by atoms with Crippen molar-refractivity contribution in [1.29, 1.82) is 0 Å². The van der Waals surface area contributed by atoms with Crippen molar-refractivity contribution in [1.82, 2.24) is 15.3 Å². The highest BCUT2D eigenvalue weighted by molar-refractivity contribution is 5.09. The van der Waals surface area contributed by atoms with E-state index in [4.69, 9.17) is 0 Å². The molecule has 84 valence electrons. The van der Waals surface area contributed by atoms with Gasteiger partial charge in [0.05, 0.1) is 11.7 Å². The van der Waals surface area contributed by atoms with E-state index in [0.717, 1.165) is 6.20 Å². The predicted octanol–water partition coefficient (Wildman–Crippen LogP) is -2.32. The molecule has 2 atom stereocenters. The minimum atomic E-state index is -1.34. The van der Waals surface area contributed by atoms with E-state index in [1.54, 1.807) is 7.05 Å². The molecule has 0 aliphatic heterocycles. The summed E-state index contributed by atoms with van der Waals surface area (Å²) in [5.41, 5.74) is -1.43. The van der Waals surface area contributed by atoms with Crippen molar-refractivity contribution in [2.75, 3.05) is 13.6 Å². The van der Waals surface area contributed by atoms with Gasteiger partial charge in [-0.3, -0.25) is 9.78 Å². The first-order valence-corrected chi connectivity index (χ1v) is 4.39. The highest BCUT2D eigenvalue weighted by Crippen LogP contribution is 2.10. The SMILES string of the molecule is CNCC(O)C(O)c1c[nH]c(=O)[nH]c1=O.